The Balaban J connectivity index is 4.04. The van der Waals surface area contributed by atoms with Gasteiger partial charge in [0.25, 0.3) is 0 Å². The Morgan fingerprint density at radius 3 is 2.31 bits per heavy atom. The van der Waals surface area contributed by atoms with Gasteiger partial charge in [0.15, 0.2) is 0 Å². The third-order valence-corrected chi connectivity index (χ3v) is 3.57. The summed E-state index contributed by atoms with van der Waals surface area (Å²) in [6.07, 6.45) is 7.98. The summed E-state index contributed by atoms with van der Waals surface area (Å²) in [6, 6.07) is 0. The van der Waals surface area contributed by atoms with Crippen molar-refractivity contribution in [3.05, 3.63) is 0 Å². The molecule has 1 N–H and O–H groups in total. The summed E-state index contributed by atoms with van der Waals surface area (Å²) in [4.78, 5) is 0. The number of hydrogen-bond acceptors (Lipinski definition) is 2. The molecular weight excluding hydrogens is 198 g/mol. The predicted molar refractivity (Wildman–Crippen MR) is 71.9 cm³/mol. The van der Waals surface area contributed by atoms with Crippen LogP contribution in [0.3, 0.4) is 0 Å². The summed E-state index contributed by atoms with van der Waals surface area (Å²) in [7, 11) is 1.76. The van der Waals surface area contributed by atoms with Gasteiger partial charge in [-0.3, -0.25) is 0 Å². The molecule has 0 aliphatic carbocycles. The maximum absolute atomic E-state index is 5.07. The second-order valence-corrected chi connectivity index (χ2v) is 4.88. The average Bonchev–Trinajstić information content (AvgIpc) is 2.31. The normalized spacial score (nSPS) is 15.0. The second kappa shape index (κ2) is 10.1. The first-order valence-electron chi connectivity index (χ1n) is 6.94. The molecule has 0 aliphatic rings. The van der Waals surface area contributed by atoms with Crippen molar-refractivity contribution in [2.24, 2.45) is 5.41 Å². The van der Waals surface area contributed by atoms with Crippen molar-refractivity contribution < 1.29 is 4.74 Å². The molecule has 16 heavy (non-hydrogen) atoms. The molecule has 2 nitrogen and oxygen atoms in total. The lowest BCUT2D eigenvalue weighted by atomic mass is 9.76. The average molecular weight is 229 g/mol. The molecule has 0 heterocycles. The lowest BCUT2D eigenvalue weighted by Crippen LogP contribution is -2.35. The molecule has 1 atom stereocenters. The van der Waals surface area contributed by atoms with E-state index in [-0.39, 0.29) is 0 Å². The topological polar surface area (TPSA) is 21.3 Å². The summed E-state index contributed by atoms with van der Waals surface area (Å²) in [5.41, 5.74) is 0.526. The standard InChI is InChI=1S/C14H31NO/c1-5-8-10-14(7-3,9-6-2)13-15-11-12-16-4/h15H,5-13H2,1-4H3. The molecular formula is C14H31NO. The molecule has 0 rings (SSSR count). The molecule has 0 fully saturated rings. The Morgan fingerprint density at radius 1 is 1.06 bits per heavy atom. The van der Waals surface area contributed by atoms with Crippen molar-refractivity contribution in [3.8, 4) is 0 Å². The van der Waals surface area contributed by atoms with Crippen molar-refractivity contribution in [2.75, 3.05) is 26.8 Å². The van der Waals surface area contributed by atoms with Crippen molar-refractivity contribution in [1.29, 1.82) is 0 Å². The fourth-order valence-electron chi connectivity index (χ4n) is 2.39. The predicted octanol–water partition coefficient (Wildman–Crippen LogP) is 3.61. The van der Waals surface area contributed by atoms with Crippen LogP contribution in [0.4, 0.5) is 0 Å². The van der Waals surface area contributed by atoms with E-state index in [1.54, 1.807) is 7.11 Å². The van der Waals surface area contributed by atoms with Crippen LogP contribution in [0.2, 0.25) is 0 Å². The molecule has 0 aromatic carbocycles. The van der Waals surface area contributed by atoms with Crippen LogP contribution in [0.25, 0.3) is 0 Å². The van der Waals surface area contributed by atoms with Gasteiger partial charge in [0, 0.05) is 20.2 Å². The summed E-state index contributed by atoms with van der Waals surface area (Å²) in [5, 5.41) is 3.55. The van der Waals surface area contributed by atoms with Gasteiger partial charge in [-0.1, -0.05) is 40.0 Å². The third-order valence-electron chi connectivity index (χ3n) is 3.57. The van der Waals surface area contributed by atoms with Gasteiger partial charge in [0.2, 0.25) is 0 Å². The van der Waals surface area contributed by atoms with E-state index in [0.717, 1.165) is 19.7 Å². The number of nitrogens with one attached hydrogen (secondary N) is 1. The van der Waals surface area contributed by atoms with E-state index in [1.165, 1.54) is 38.5 Å². The molecule has 0 amide bonds. The first-order chi connectivity index (χ1) is 7.74. The van der Waals surface area contributed by atoms with Crippen molar-refractivity contribution in [3.63, 3.8) is 0 Å². The number of hydrogen-bond donors (Lipinski definition) is 1. The summed E-state index contributed by atoms with van der Waals surface area (Å²) in [6.45, 7) is 9.87. The quantitative estimate of drug-likeness (QED) is 0.546. The Labute approximate surface area is 102 Å². The van der Waals surface area contributed by atoms with Gasteiger partial charge in [-0.05, 0) is 24.7 Å². The van der Waals surface area contributed by atoms with E-state index in [2.05, 4.69) is 26.1 Å². The lowest BCUT2D eigenvalue weighted by molar-refractivity contribution is 0.176. The van der Waals surface area contributed by atoms with E-state index < -0.39 is 0 Å². The summed E-state index contributed by atoms with van der Waals surface area (Å²) >= 11 is 0. The number of unbranched alkanes of at least 4 members (excludes halogenated alkanes) is 1. The molecule has 0 radical (unpaired) electrons. The molecule has 98 valence electrons. The maximum Gasteiger partial charge on any atom is 0.0587 e. The molecule has 0 aliphatic heterocycles. The van der Waals surface area contributed by atoms with Gasteiger partial charge in [0.05, 0.1) is 6.61 Å². The summed E-state index contributed by atoms with van der Waals surface area (Å²) < 4.78 is 5.07. The van der Waals surface area contributed by atoms with Crippen LogP contribution in [0.1, 0.15) is 59.3 Å². The highest BCUT2D eigenvalue weighted by Crippen LogP contribution is 2.33. The van der Waals surface area contributed by atoms with Crippen molar-refractivity contribution in [1.82, 2.24) is 5.32 Å². The third kappa shape index (κ3) is 6.49. The van der Waals surface area contributed by atoms with Gasteiger partial charge in [0.1, 0.15) is 0 Å². The zero-order valence-corrected chi connectivity index (χ0v) is 11.8. The van der Waals surface area contributed by atoms with Crippen LogP contribution in [0.5, 0.6) is 0 Å². The Bertz CT molecular complexity index is 150. The Morgan fingerprint density at radius 2 is 1.81 bits per heavy atom. The lowest BCUT2D eigenvalue weighted by Gasteiger charge is -2.33. The van der Waals surface area contributed by atoms with E-state index >= 15 is 0 Å². The SMILES string of the molecule is CCCCC(CC)(CCC)CNCCOC. The van der Waals surface area contributed by atoms with E-state index in [9.17, 15) is 0 Å². The molecule has 2 heteroatoms. The molecule has 0 bridgehead atoms. The monoisotopic (exact) mass is 229 g/mol. The number of ether oxygens (including phenoxy) is 1. The highest BCUT2D eigenvalue weighted by Gasteiger charge is 2.25. The Hall–Kier alpha value is -0.0800. The van der Waals surface area contributed by atoms with Gasteiger partial charge in [-0.2, -0.15) is 0 Å². The second-order valence-electron chi connectivity index (χ2n) is 4.88. The molecule has 1 unspecified atom stereocenters. The first-order valence-corrected chi connectivity index (χ1v) is 6.94. The first kappa shape index (κ1) is 15.9. The minimum atomic E-state index is 0.526. The minimum Gasteiger partial charge on any atom is -0.383 e. The Kier molecular flexibility index (Phi) is 10.0. The van der Waals surface area contributed by atoms with Gasteiger partial charge in [-0.15, -0.1) is 0 Å². The van der Waals surface area contributed by atoms with E-state index in [4.69, 9.17) is 4.74 Å². The fraction of sp³-hybridized carbons (Fsp3) is 1.00. The zero-order valence-electron chi connectivity index (χ0n) is 11.8. The molecule has 0 saturated carbocycles. The van der Waals surface area contributed by atoms with Gasteiger partial charge < -0.3 is 10.1 Å². The highest BCUT2D eigenvalue weighted by molar-refractivity contribution is 4.80. The minimum absolute atomic E-state index is 0.526. The fourth-order valence-corrected chi connectivity index (χ4v) is 2.39. The van der Waals surface area contributed by atoms with Crippen LogP contribution in [0, 0.1) is 5.41 Å². The van der Waals surface area contributed by atoms with Crippen LogP contribution in [-0.2, 0) is 4.74 Å². The van der Waals surface area contributed by atoms with Crippen LogP contribution in [0.15, 0.2) is 0 Å². The number of methoxy groups -OCH3 is 1. The molecule has 0 spiro atoms. The number of rotatable bonds is 11. The van der Waals surface area contributed by atoms with Crippen LogP contribution >= 0.6 is 0 Å². The molecule has 0 aromatic heterocycles. The smallest absolute Gasteiger partial charge is 0.0587 e. The zero-order chi connectivity index (χ0) is 12.3. The maximum atomic E-state index is 5.07. The van der Waals surface area contributed by atoms with E-state index in [0.29, 0.717) is 5.41 Å². The molecule has 0 aromatic rings. The van der Waals surface area contributed by atoms with E-state index in [1.807, 2.05) is 0 Å². The van der Waals surface area contributed by atoms with Crippen LogP contribution < -0.4 is 5.32 Å². The van der Waals surface area contributed by atoms with Crippen molar-refractivity contribution in [2.45, 2.75) is 59.3 Å². The van der Waals surface area contributed by atoms with Crippen LogP contribution in [-0.4, -0.2) is 26.8 Å². The van der Waals surface area contributed by atoms with Crippen molar-refractivity contribution >= 4 is 0 Å². The van der Waals surface area contributed by atoms with Gasteiger partial charge in [-0.25, -0.2) is 0 Å². The summed E-state index contributed by atoms with van der Waals surface area (Å²) in [5.74, 6) is 0. The molecule has 0 saturated heterocycles. The van der Waals surface area contributed by atoms with Gasteiger partial charge >= 0.3 is 0 Å². The largest absolute Gasteiger partial charge is 0.383 e. The highest BCUT2D eigenvalue weighted by atomic mass is 16.5.